The van der Waals surface area contributed by atoms with E-state index in [1.54, 1.807) is 18.2 Å². The largest absolute Gasteiger partial charge is 0.381 e. The molecule has 1 aliphatic heterocycles. The molecular weight excluding hydrogens is 287 g/mol. The van der Waals surface area contributed by atoms with Gasteiger partial charge in [0.2, 0.25) is 5.91 Å². The predicted octanol–water partition coefficient (Wildman–Crippen LogP) is 3.25. The number of benzene rings is 1. The van der Waals surface area contributed by atoms with Gasteiger partial charge in [-0.3, -0.25) is 4.79 Å². The van der Waals surface area contributed by atoms with E-state index in [0.717, 1.165) is 0 Å². The number of carbonyl (C=O) groups excluding carboxylic acids is 1. The van der Waals surface area contributed by atoms with Crippen LogP contribution in [-0.4, -0.2) is 19.1 Å². The molecule has 1 aliphatic rings. The summed E-state index contributed by atoms with van der Waals surface area (Å²) in [5, 5.41) is 12.8. The van der Waals surface area contributed by atoms with Crippen molar-refractivity contribution in [2.24, 2.45) is 5.41 Å². The summed E-state index contributed by atoms with van der Waals surface area (Å²) in [7, 11) is 0. The standard InChI is InChI=1S/C13H12Cl2N2O2/c14-10-2-1-9(7-11(10)15)17-12(18)13(8-16)3-5-19-6-4-13/h1-2,7H,3-6H2,(H,17,18). The number of nitrogens with one attached hydrogen (secondary N) is 1. The molecule has 0 bridgehead atoms. The van der Waals surface area contributed by atoms with Crippen LogP contribution in [0.4, 0.5) is 5.69 Å². The Kier molecular flexibility index (Phi) is 4.31. The molecule has 0 unspecified atom stereocenters. The monoisotopic (exact) mass is 298 g/mol. The Morgan fingerprint density at radius 1 is 1.32 bits per heavy atom. The first-order valence-corrected chi connectivity index (χ1v) is 6.58. The van der Waals surface area contributed by atoms with E-state index in [1.165, 1.54) is 0 Å². The van der Waals surface area contributed by atoms with Gasteiger partial charge >= 0.3 is 0 Å². The number of nitrogens with zero attached hydrogens (tertiary/aromatic N) is 1. The molecule has 1 aromatic rings. The van der Waals surface area contributed by atoms with Gasteiger partial charge in [-0.25, -0.2) is 0 Å². The summed E-state index contributed by atoms with van der Waals surface area (Å²) in [6.07, 6.45) is 0.799. The van der Waals surface area contributed by atoms with Crippen LogP contribution in [0.2, 0.25) is 10.0 Å². The average molecular weight is 299 g/mol. The highest BCUT2D eigenvalue weighted by Crippen LogP contribution is 2.32. The van der Waals surface area contributed by atoms with Crippen molar-refractivity contribution in [1.29, 1.82) is 5.26 Å². The fourth-order valence-electron chi connectivity index (χ4n) is 1.93. The number of rotatable bonds is 2. The predicted molar refractivity (Wildman–Crippen MR) is 73.2 cm³/mol. The lowest BCUT2D eigenvalue weighted by molar-refractivity contribution is -0.126. The van der Waals surface area contributed by atoms with E-state index in [1.807, 2.05) is 0 Å². The van der Waals surface area contributed by atoms with Gasteiger partial charge in [-0.2, -0.15) is 5.26 Å². The molecule has 0 aliphatic carbocycles. The van der Waals surface area contributed by atoms with E-state index in [9.17, 15) is 10.1 Å². The van der Waals surface area contributed by atoms with Crippen molar-refractivity contribution in [3.05, 3.63) is 28.2 Å². The zero-order valence-corrected chi connectivity index (χ0v) is 11.6. The summed E-state index contributed by atoms with van der Waals surface area (Å²) < 4.78 is 5.19. The minimum absolute atomic E-state index is 0.323. The summed E-state index contributed by atoms with van der Waals surface area (Å²) in [5.74, 6) is -0.323. The Morgan fingerprint density at radius 3 is 2.58 bits per heavy atom. The number of amides is 1. The van der Waals surface area contributed by atoms with E-state index < -0.39 is 5.41 Å². The van der Waals surface area contributed by atoms with E-state index in [-0.39, 0.29) is 5.91 Å². The maximum Gasteiger partial charge on any atom is 0.245 e. The Hall–Kier alpha value is -1.28. The normalized spacial score (nSPS) is 17.5. The van der Waals surface area contributed by atoms with Crippen molar-refractivity contribution < 1.29 is 9.53 Å². The molecule has 0 aromatic heterocycles. The highest BCUT2D eigenvalue weighted by Gasteiger charge is 2.40. The van der Waals surface area contributed by atoms with E-state index in [2.05, 4.69) is 11.4 Å². The van der Waals surface area contributed by atoms with Crippen LogP contribution >= 0.6 is 23.2 Å². The van der Waals surface area contributed by atoms with E-state index >= 15 is 0 Å². The fraction of sp³-hybridized carbons (Fsp3) is 0.385. The first-order chi connectivity index (χ1) is 9.07. The lowest BCUT2D eigenvalue weighted by Gasteiger charge is -2.29. The number of nitriles is 1. The van der Waals surface area contributed by atoms with E-state index in [0.29, 0.717) is 41.8 Å². The van der Waals surface area contributed by atoms with Crippen LogP contribution in [0.5, 0.6) is 0 Å². The molecule has 1 heterocycles. The minimum Gasteiger partial charge on any atom is -0.381 e. The molecule has 0 radical (unpaired) electrons. The molecule has 1 N–H and O–H groups in total. The Labute approximate surface area is 121 Å². The highest BCUT2D eigenvalue weighted by molar-refractivity contribution is 6.42. The molecule has 1 amide bonds. The third kappa shape index (κ3) is 3.01. The van der Waals surface area contributed by atoms with Crippen LogP contribution in [0.1, 0.15) is 12.8 Å². The molecular formula is C13H12Cl2N2O2. The summed E-state index contributed by atoms with van der Waals surface area (Å²) in [6.45, 7) is 0.838. The van der Waals surface area contributed by atoms with Crippen LogP contribution in [0.25, 0.3) is 0 Å². The quantitative estimate of drug-likeness (QED) is 0.911. The van der Waals surface area contributed by atoms with Gasteiger partial charge in [0, 0.05) is 18.9 Å². The third-order valence-electron chi connectivity index (χ3n) is 3.17. The minimum atomic E-state index is -1.02. The van der Waals surface area contributed by atoms with Gasteiger partial charge in [0.05, 0.1) is 16.1 Å². The van der Waals surface area contributed by atoms with Gasteiger partial charge in [-0.1, -0.05) is 23.2 Å². The molecule has 2 rings (SSSR count). The summed E-state index contributed by atoms with van der Waals surface area (Å²) in [4.78, 5) is 12.3. The summed E-state index contributed by atoms with van der Waals surface area (Å²) >= 11 is 11.7. The molecule has 1 aromatic carbocycles. The van der Waals surface area contributed by atoms with Crippen molar-refractivity contribution in [3.63, 3.8) is 0 Å². The van der Waals surface area contributed by atoms with Crippen LogP contribution in [0.3, 0.4) is 0 Å². The topological polar surface area (TPSA) is 62.1 Å². The van der Waals surface area contributed by atoms with Gasteiger partial charge in [-0.15, -0.1) is 0 Å². The van der Waals surface area contributed by atoms with Gasteiger partial charge in [-0.05, 0) is 31.0 Å². The first-order valence-electron chi connectivity index (χ1n) is 5.83. The van der Waals surface area contributed by atoms with Crippen molar-refractivity contribution in [3.8, 4) is 6.07 Å². The number of hydrogen-bond acceptors (Lipinski definition) is 3. The van der Waals surface area contributed by atoms with Gasteiger partial charge in [0.15, 0.2) is 0 Å². The first kappa shape index (κ1) is 14.1. The average Bonchev–Trinajstić information content (AvgIpc) is 2.43. The number of carbonyl (C=O) groups is 1. The molecule has 1 saturated heterocycles. The molecule has 0 saturated carbocycles. The second-order valence-electron chi connectivity index (χ2n) is 4.39. The summed E-state index contributed by atoms with van der Waals surface area (Å²) in [5.41, 5.74) is -0.495. The van der Waals surface area contributed by atoms with Crippen molar-refractivity contribution in [2.45, 2.75) is 12.8 Å². The summed E-state index contributed by atoms with van der Waals surface area (Å²) in [6, 6.07) is 6.92. The SMILES string of the molecule is N#CC1(C(=O)Nc2ccc(Cl)c(Cl)c2)CCOCC1. The van der Waals surface area contributed by atoms with Crippen LogP contribution in [-0.2, 0) is 9.53 Å². The van der Waals surface area contributed by atoms with Crippen LogP contribution in [0.15, 0.2) is 18.2 Å². The molecule has 4 nitrogen and oxygen atoms in total. The second-order valence-corrected chi connectivity index (χ2v) is 5.20. The molecule has 19 heavy (non-hydrogen) atoms. The van der Waals surface area contributed by atoms with Crippen molar-refractivity contribution in [2.75, 3.05) is 18.5 Å². The lowest BCUT2D eigenvalue weighted by atomic mass is 9.81. The molecule has 0 atom stereocenters. The maximum absolute atomic E-state index is 12.3. The highest BCUT2D eigenvalue weighted by atomic mass is 35.5. The van der Waals surface area contributed by atoms with Crippen LogP contribution in [0, 0.1) is 16.7 Å². The zero-order valence-electron chi connectivity index (χ0n) is 10.1. The van der Waals surface area contributed by atoms with E-state index in [4.69, 9.17) is 27.9 Å². The third-order valence-corrected chi connectivity index (χ3v) is 3.91. The molecule has 1 fully saturated rings. The van der Waals surface area contributed by atoms with Gasteiger partial charge in [0.1, 0.15) is 5.41 Å². The maximum atomic E-state index is 12.3. The Balaban J connectivity index is 2.15. The Morgan fingerprint density at radius 2 is 2.00 bits per heavy atom. The number of anilines is 1. The van der Waals surface area contributed by atoms with Gasteiger partial charge in [0.25, 0.3) is 0 Å². The van der Waals surface area contributed by atoms with Crippen molar-refractivity contribution in [1.82, 2.24) is 0 Å². The molecule has 6 heteroatoms. The number of ether oxygens (including phenoxy) is 1. The lowest BCUT2D eigenvalue weighted by Crippen LogP contribution is -2.39. The fourth-order valence-corrected chi connectivity index (χ4v) is 2.23. The number of halogens is 2. The number of hydrogen-bond donors (Lipinski definition) is 1. The zero-order chi connectivity index (χ0) is 13.9. The van der Waals surface area contributed by atoms with Crippen molar-refractivity contribution >= 4 is 34.8 Å². The molecule has 100 valence electrons. The van der Waals surface area contributed by atoms with Gasteiger partial charge < -0.3 is 10.1 Å². The Bertz CT molecular complexity index is 534. The smallest absolute Gasteiger partial charge is 0.245 e. The second kappa shape index (κ2) is 5.79. The molecule has 0 spiro atoms. The van der Waals surface area contributed by atoms with Crippen LogP contribution < -0.4 is 5.32 Å².